The van der Waals surface area contributed by atoms with Crippen LogP contribution in [0.4, 0.5) is 0 Å². The Morgan fingerprint density at radius 3 is 1.07 bits per heavy atom. The molecule has 9 aliphatic carbocycles. The third-order valence-electron chi connectivity index (χ3n) is 25.7. The number of hydrogen-bond donors (Lipinski definition) is 2. The van der Waals surface area contributed by atoms with Crippen molar-refractivity contribution in [3.8, 4) is 0 Å². The Balaban J connectivity index is 0.000000122. The molecule has 9 aromatic heterocycles. The standard InChI is InChI=1S/C28H27ClN6O4S2.C28H33N5O4S.C22H24N6O2S.C6H4Cl2O2S/c1-19-5-7-21(8-6-19)41(38,39)34-16-9-23-25(34)30-18-24-31-32-26(35(23)24)27-10-13-28(14-11-27,15-12-27)33-40(36,37)22-4-2-3-20(29)17-22;1-19-5-7-20(8-6-19)38(35,36)32-16-9-21-24(32)29-18-22-30-31-25(33(21)22)28-13-10-27(11-14-28,12-15-28)17-23(34)37-26(2,3)4;1-15-2-4-16(5-3-15)31(29,30)27-13-6-17-19(27)24-14-18-25-26-20(28(17)18)21-7-10-22(23,11-8-21)12-9-21;7-5-2-1-3-6(4-5)11(8,9)10/h2-9,16-18,33H,10-15H2,1H3;5-9,16,18H,10-15,17H2,1-4H3;2-6,13-14H,7-12,23H2,1H3;1-4H. The molecular formula is C84H88Cl3N17O12S5. The lowest BCUT2D eigenvalue weighted by Crippen LogP contribution is -2.58. The Morgan fingerprint density at radius 1 is 0.430 bits per heavy atom. The first-order valence-corrected chi connectivity index (χ1v) is 48.7. The molecule has 9 fully saturated rings. The number of nitrogens with one attached hydrogen (secondary N) is 1. The van der Waals surface area contributed by atoms with Crippen molar-refractivity contribution in [3.63, 3.8) is 0 Å². The van der Waals surface area contributed by atoms with E-state index in [2.05, 4.69) is 50.3 Å². The van der Waals surface area contributed by atoms with E-state index in [4.69, 9.17) is 44.4 Å². The van der Waals surface area contributed by atoms with E-state index in [1.54, 1.807) is 146 Å². The van der Waals surface area contributed by atoms with Gasteiger partial charge in [0.25, 0.3) is 39.1 Å². The molecule has 0 saturated heterocycles. The quantitative estimate of drug-likeness (QED) is 0.0711. The second-order valence-corrected chi connectivity index (χ2v) is 45.1. The van der Waals surface area contributed by atoms with E-state index in [0.717, 1.165) is 130 Å². The number of esters is 1. The molecule has 9 aliphatic rings. The van der Waals surface area contributed by atoms with Gasteiger partial charge < -0.3 is 10.5 Å². The zero-order valence-corrected chi connectivity index (χ0v) is 73.4. The fraction of sp³-hybridized carbons (Fsp3) is 0.381. The number of aromatic nitrogens is 15. The van der Waals surface area contributed by atoms with Crippen LogP contribution in [0.5, 0.6) is 0 Å². The van der Waals surface area contributed by atoms with Crippen molar-refractivity contribution < 1.29 is 51.6 Å². The van der Waals surface area contributed by atoms with Gasteiger partial charge in [0.1, 0.15) is 23.1 Å². The fourth-order valence-electron chi connectivity index (χ4n) is 18.7. The molecule has 14 aromatic rings. The summed E-state index contributed by atoms with van der Waals surface area (Å²) >= 11 is 11.6. The van der Waals surface area contributed by atoms with Gasteiger partial charge in [0.15, 0.2) is 33.9 Å². The number of carbonyl (C=O) groups is 1. The highest BCUT2D eigenvalue weighted by molar-refractivity contribution is 8.13. The predicted molar refractivity (Wildman–Crippen MR) is 457 cm³/mol. The smallest absolute Gasteiger partial charge is 0.306 e. The molecule has 6 bridgehead atoms. The van der Waals surface area contributed by atoms with Crippen molar-refractivity contribution in [2.45, 2.75) is 221 Å². The van der Waals surface area contributed by atoms with Gasteiger partial charge in [-0.2, -0.15) is 0 Å². The van der Waals surface area contributed by atoms with Crippen LogP contribution in [0.25, 0.3) is 50.4 Å². The lowest BCUT2D eigenvalue weighted by Gasteiger charge is -2.52. The van der Waals surface area contributed by atoms with Gasteiger partial charge in [0, 0.05) is 66.6 Å². The molecule has 632 valence electrons. The summed E-state index contributed by atoms with van der Waals surface area (Å²) in [5.41, 5.74) is 12.6. The molecular weight excluding hydrogens is 1710 g/mol. The number of sulfonamides is 1. The highest BCUT2D eigenvalue weighted by atomic mass is 35.7. The van der Waals surface area contributed by atoms with Gasteiger partial charge in [-0.1, -0.05) is 88.4 Å². The van der Waals surface area contributed by atoms with Crippen molar-refractivity contribution >= 4 is 139 Å². The summed E-state index contributed by atoms with van der Waals surface area (Å²) in [5.74, 6) is 2.40. The Kier molecular flexibility index (Phi) is 21.0. The maximum absolute atomic E-state index is 13.5. The molecule has 9 saturated carbocycles. The van der Waals surface area contributed by atoms with Crippen molar-refractivity contribution in [3.05, 3.63) is 221 Å². The average molecular weight is 1790 g/mol. The van der Waals surface area contributed by atoms with Gasteiger partial charge in [-0.15, -0.1) is 30.6 Å². The molecule has 23 rings (SSSR count). The first-order valence-electron chi connectivity index (χ1n) is 39.9. The lowest BCUT2D eigenvalue weighted by atomic mass is 9.52. The van der Waals surface area contributed by atoms with Crippen LogP contribution in [-0.2, 0) is 74.9 Å². The maximum atomic E-state index is 13.5. The minimum Gasteiger partial charge on any atom is -0.460 e. The van der Waals surface area contributed by atoms with Crippen molar-refractivity contribution in [2.24, 2.45) is 11.1 Å². The number of hydrogen-bond acceptors (Lipinski definition) is 22. The summed E-state index contributed by atoms with van der Waals surface area (Å²) in [6.07, 6.45) is 25.4. The van der Waals surface area contributed by atoms with Crippen LogP contribution in [0.1, 0.15) is 177 Å². The van der Waals surface area contributed by atoms with Gasteiger partial charge in [-0.3, -0.25) is 18.0 Å². The molecule has 0 amide bonds. The molecule has 3 N–H and O–H groups in total. The third-order valence-corrected chi connectivity index (χ3v) is 34.1. The number of nitrogens with zero attached hydrogens (tertiary/aromatic N) is 15. The Morgan fingerprint density at radius 2 is 0.752 bits per heavy atom. The molecule has 29 nitrogen and oxygen atoms in total. The van der Waals surface area contributed by atoms with Gasteiger partial charge in [0.05, 0.1) is 66.0 Å². The number of carbonyl (C=O) groups excluding carboxylic acids is 1. The monoisotopic (exact) mass is 1790 g/mol. The molecule has 0 aliphatic heterocycles. The van der Waals surface area contributed by atoms with E-state index >= 15 is 0 Å². The first kappa shape index (κ1) is 83.6. The first-order chi connectivity index (χ1) is 57.2. The molecule has 0 spiro atoms. The fourth-order valence-corrected chi connectivity index (χ4v) is 25.5. The van der Waals surface area contributed by atoms with Crippen LogP contribution in [0.3, 0.4) is 0 Å². The van der Waals surface area contributed by atoms with Crippen molar-refractivity contribution in [2.75, 3.05) is 0 Å². The van der Waals surface area contributed by atoms with E-state index in [0.29, 0.717) is 86.2 Å². The summed E-state index contributed by atoms with van der Waals surface area (Å²) in [6, 6.07) is 37.8. The summed E-state index contributed by atoms with van der Waals surface area (Å²) in [4.78, 5) is 26.8. The SMILES string of the molecule is Cc1ccc(S(=O)(=O)n2ccc3c2ncc2nnc(C45CCC(CC(=O)OC(C)(C)C)(CC4)CC5)n23)cc1.Cc1ccc(S(=O)(=O)n2ccc3c2ncc2nnc(C45CCC(N)(CC4)CC5)n23)cc1.Cc1ccc(S(=O)(=O)n2ccc3c2ncc2nnc(C45CCC(NS(=O)(=O)c6cccc(Cl)c6)(CC4)CC5)n23)cc1.O=S(=O)(Cl)c1cccc(Cl)c1. The predicted octanol–water partition coefficient (Wildman–Crippen LogP) is 14.7. The van der Waals surface area contributed by atoms with E-state index in [9.17, 15) is 46.9 Å². The van der Waals surface area contributed by atoms with Gasteiger partial charge in [-0.25, -0.2) is 73.7 Å². The summed E-state index contributed by atoms with van der Waals surface area (Å²) in [6.45, 7) is 11.5. The molecule has 9 heterocycles. The van der Waals surface area contributed by atoms with E-state index in [1.807, 2.05) is 54.7 Å². The molecule has 5 aromatic carbocycles. The van der Waals surface area contributed by atoms with Crippen LogP contribution in [0.2, 0.25) is 10.0 Å². The number of nitrogens with two attached hydrogens (primary N) is 1. The number of fused-ring (bicyclic) bond motifs is 18. The number of aryl methyl sites for hydroxylation is 3. The highest BCUT2D eigenvalue weighted by Gasteiger charge is 2.55. The summed E-state index contributed by atoms with van der Waals surface area (Å²) in [7, 11) is -13.8. The normalized spacial score (nSPS) is 23.0. The average Bonchev–Trinajstić information content (AvgIpc) is 1.58. The zero-order chi connectivity index (χ0) is 85.5. The molecule has 0 radical (unpaired) electrons. The van der Waals surface area contributed by atoms with E-state index in [1.165, 1.54) is 42.4 Å². The van der Waals surface area contributed by atoms with Crippen LogP contribution in [0, 0.1) is 26.2 Å². The Labute approximate surface area is 714 Å². The van der Waals surface area contributed by atoms with Crippen LogP contribution >= 0.6 is 33.9 Å². The van der Waals surface area contributed by atoms with Crippen LogP contribution in [0.15, 0.2) is 201 Å². The second-order valence-electron chi connectivity index (χ2n) is 34.5. The zero-order valence-electron chi connectivity index (χ0n) is 67.0. The number of rotatable bonds is 15. The number of ether oxygens (including phenoxy) is 1. The summed E-state index contributed by atoms with van der Waals surface area (Å²) < 4.78 is 147. The van der Waals surface area contributed by atoms with E-state index < -0.39 is 60.3 Å². The van der Waals surface area contributed by atoms with Crippen molar-refractivity contribution in [1.82, 2.24) is 75.4 Å². The maximum Gasteiger partial charge on any atom is 0.306 e. The second kappa shape index (κ2) is 30.4. The minimum absolute atomic E-state index is 0.0201. The topological polar surface area (TPSA) is 379 Å². The third kappa shape index (κ3) is 15.4. The number of halogens is 3. The van der Waals surface area contributed by atoms with Crippen LogP contribution < -0.4 is 10.5 Å². The molecule has 0 unspecified atom stereocenters. The molecule has 121 heavy (non-hydrogen) atoms. The van der Waals surface area contributed by atoms with Gasteiger partial charge >= 0.3 is 5.97 Å². The number of benzene rings is 5. The largest absolute Gasteiger partial charge is 0.460 e. The highest BCUT2D eigenvalue weighted by Crippen LogP contribution is 2.60. The van der Waals surface area contributed by atoms with Crippen molar-refractivity contribution in [1.29, 1.82) is 0 Å². The van der Waals surface area contributed by atoms with Gasteiger partial charge in [-0.05, 0) is 254 Å². The Bertz CT molecular complexity index is 7010. The van der Waals surface area contributed by atoms with Gasteiger partial charge in [0.2, 0.25) is 10.0 Å². The Hall–Kier alpha value is -9.62. The molecule has 37 heteroatoms. The molecule has 0 atom stereocenters. The van der Waals surface area contributed by atoms with E-state index in [-0.39, 0.29) is 57.6 Å². The minimum atomic E-state index is -3.87. The summed E-state index contributed by atoms with van der Waals surface area (Å²) in [5, 5.41) is 27.7. The van der Waals surface area contributed by atoms with Crippen LogP contribution in [-0.4, -0.2) is 135 Å². The lowest BCUT2D eigenvalue weighted by molar-refractivity contribution is -0.160.